The van der Waals surface area contributed by atoms with Crippen LogP contribution in [0.15, 0.2) is 72.0 Å². The van der Waals surface area contributed by atoms with Gasteiger partial charge in [0.1, 0.15) is 0 Å². The molecule has 90 valence electrons. The Balaban J connectivity index is 2.00. The van der Waals surface area contributed by atoms with E-state index >= 15 is 0 Å². The highest BCUT2D eigenvalue weighted by molar-refractivity contribution is 5.51. The van der Waals surface area contributed by atoms with Crippen molar-refractivity contribution in [2.24, 2.45) is 5.29 Å². The molecule has 0 amide bonds. The monoisotopic (exact) mass is 238 g/mol. The van der Waals surface area contributed by atoms with Gasteiger partial charge < -0.3 is 0 Å². The second-order valence-electron chi connectivity index (χ2n) is 3.81. The van der Waals surface area contributed by atoms with Crippen molar-refractivity contribution in [3.8, 4) is 0 Å². The zero-order chi connectivity index (χ0) is 12.6. The molecule has 2 aromatic rings. The number of anilines is 1. The topological polar surface area (TPSA) is 32.7 Å². The summed E-state index contributed by atoms with van der Waals surface area (Å²) in [7, 11) is 0. The molecular weight excluding hydrogens is 224 g/mol. The summed E-state index contributed by atoms with van der Waals surface area (Å²) in [6.07, 6.45) is 3.89. The van der Waals surface area contributed by atoms with Crippen molar-refractivity contribution in [1.82, 2.24) is 0 Å². The van der Waals surface area contributed by atoms with Crippen molar-refractivity contribution in [2.45, 2.75) is 0 Å². The van der Waals surface area contributed by atoms with Gasteiger partial charge in [-0.2, -0.15) is 0 Å². The standard InChI is InChI=1S/C15H14N2O/c18-16-17(15-11-5-2-6-12-15)13-7-10-14-8-3-1-4-9-14/h1-12H,13H2/b10-7+. The summed E-state index contributed by atoms with van der Waals surface area (Å²) in [5.74, 6) is 0. The highest BCUT2D eigenvalue weighted by atomic mass is 16.3. The largest absolute Gasteiger partial charge is 0.226 e. The van der Waals surface area contributed by atoms with Crippen LogP contribution in [0.5, 0.6) is 0 Å². The van der Waals surface area contributed by atoms with Crippen LogP contribution >= 0.6 is 0 Å². The Kier molecular flexibility index (Phi) is 4.25. The summed E-state index contributed by atoms with van der Waals surface area (Å²) in [4.78, 5) is 10.8. The van der Waals surface area contributed by atoms with Gasteiger partial charge in [-0.3, -0.25) is 0 Å². The molecule has 0 unspecified atom stereocenters. The molecule has 0 N–H and O–H groups in total. The van der Waals surface area contributed by atoms with E-state index in [9.17, 15) is 4.91 Å². The molecule has 0 aliphatic heterocycles. The van der Waals surface area contributed by atoms with Crippen LogP contribution in [0.3, 0.4) is 0 Å². The Labute approximate surface area is 106 Å². The molecule has 0 fully saturated rings. The Morgan fingerprint density at radius 1 is 0.944 bits per heavy atom. The van der Waals surface area contributed by atoms with Crippen molar-refractivity contribution < 1.29 is 0 Å². The Hall–Kier alpha value is -2.42. The third kappa shape index (κ3) is 3.28. The van der Waals surface area contributed by atoms with Crippen molar-refractivity contribution >= 4 is 11.8 Å². The van der Waals surface area contributed by atoms with Gasteiger partial charge in [0.05, 0.1) is 17.5 Å². The van der Waals surface area contributed by atoms with Gasteiger partial charge in [0, 0.05) is 0 Å². The molecule has 0 radical (unpaired) electrons. The number of rotatable bonds is 5. The average molecular weight is 238 g/mol. The maximum absolute atomic E-state index is 10.8. The smallest absolute Gasteiger partial charge is 0.0632 e. The van der Waals surface area contributed by atoms with Crippen molar-refractivity contribution in [3.63, 3.8) is 0 Å². The average Bonchev–Trinajstić information content (AvgIpc) is 2.46. The van der Waals surface area contributed by atoms with E-state index in [1.807, 2.05) is 72.8 Å². The molecule has 0 saturated carbocycles. The number of para-hydroxylation sites is 1. The normalized spacial score (nSPS) is 10.4. The summed E-state index contributed by atoms with van der Waals surface area (Å²) < 4.78 is 0. The van der Waals surface area contributed by atoms with Gasteiger partial charge in [0.2, 0.25) is 0 Å². The molecule has 18 heavy (non-hydrogen) atoms. The van der Waals surface area contributed by atoms with Gasteiger partial charge >= 0.3 is 0 Å². The molecule has 2 aromatic carbocycles. The predicted molar refractivity (Wildman–Crippen MR) is 75.1 cm³/mol. The molecule has 0 heterocycles. The summed E-state index contributed by atoms with van der Waals surface area (Å²) in [6.45, 7) is 0.461. The van der Waals surface area contributed by atoms with Gasteiger partial charge in [0.25, 0.3) is 0 Å². The molecule has 0 aliphatic carbocycles. The lowest BCUT2D eigenvalue weighted by Crippen LogP contribution is -2.14. The summed E-state index contributed by atoms with van der Waals surface area (Å²) in [5.41, 5.74) is 1.90. The van der Waals surface area contributed by atoms with Gasteiger partial charge in [-0.1, -0.05) is 60.7 Å². The molecule has 2 rings (SSSR count). The highest BCUT2D eigenvalue weighted by Crippen LogP contribution is 2.13. The first-order chi connectivity index (χ1) is 8.90. The number of benzene rings is 2. The molecular formula is C15H14N2O. The lowest BCUT2D eigenvalue weighted by Gasteiger charge is -2.12. The van der Waals surface area contributed by atoms with Gasteiger partial charge in [-0.15, -0.1) is 4.91 Å². The number of nitroso groups, excluding NO2 is 1. The lowest BCUT2D eigenvalue weighted by molar-refractivity contribution is 0.932. The minimum absolute atomic E-state index is 0.461. The first kappa shape index (κ1) is 12.0. The second-order valence-corrected chi connectivity index (χ2v) is 3.81. The van der Waals surface area contributed by atoms with E-state index in [2.05, 4.69) is 5.29 Å². The summed E-state index contributed by atoms with van der Waals surface area (Å²) >= 11 is 0. The maximum atomic E-state index is 10.8. The van der Waals surface area contributed by atoms with Crippen LogP contribution in [0.2, 0.25) is 0 Å². The minimum atomic E-state index is 0.461. The van der Waals surface area contributed by atoms with E-state index in [0.29, 0.717) is 6.54 Å². The number of nitrogens with zero attached hydrogens (tertiary/aromatic N) is 2. The second kappa shape index (κ2) is 6.35. The van der Waals surface area contributed by atoms with Crippen molar-refractivity contribution in [1.29, 1.82) is 0 Å². The fourth-order valence-corrected chi connectivity index (χ4v) is 1.64. The maximum Gasteiger partial charge on any atom is 0.0632 e. The Morgan fingerprint density at radius 2 is 1.56 bits per heavy atom. The molecule has 0 aromatic heterocycles. The molecule has 0 bridgehead atoms. The highest BCUT2D eigenvalue weighted by Gasteiger charge is 2.02. The van der Waals surface area contributed by atoms with Gasteiger partial charge in [-0.05, 0) is 17.7 Å². The number of hydrogen-bond acceptors (Lipinski definition) is 2. The zero-order valence-electron chi connectivity index (χ0n) is 9.94. The van der Waals surface area contributed by atoms with Crippen LogP contribution in [0, 0.1) is 4.91 Å². The minimum Gasteiger partial charge on any atom is -0.226 e. The Bertz CT molecular complexity index is 509. The third-order valence-corrected chi connectivity index (χ3v) is 2.54. The third-order valence-electron chi connectivity index (χ3n) is 2.54. The van der Waals surface area contributed by atoms with E-state index in [1.165, 1.54) is 5.01 Å². The Morgan fingerprint density at radius 3 is 2.17 bits per heavy atom. The molecule has 0 spiro atoms. The van der Waals surface area contributed by atoms with Crippen molar-refractivity contribution in [2.75, 3.05) is 11.6 Å². The van der Waals surface area contributed by atoms with Gasteiger partial charge in [0.15, 0.2) is 0 Å². The zero-order valence-corrected chi connectivity index (χ0v) is 9.94. The van der Waals surface area contributed by atoms with E-state index in [-0.39, 0.29) is 0 Å². The fraction of sp³-hybridized carbons (Fsp3) is 0.0667. The molecule has 0 aliphatic rings. The fourth-order valence-electron chi connectivity index (χ4n) is 1.64. The van der Waals surface area contributed by atoms with Crippen LogP contribution in [0.1, 0.15) is 5.56 Å². The SMILES string of the molecule is O=NN(C/C=C/c1ccccc1)c1ccccc1. The van der Waals surface area contributed by atoms with E-state index in [1.54, 1.807) is 0 Å². The summed E-state index contributed by atoms with van der Waals surface area (Å²) in [5, 5.41) is 4.44. The van der Waals surface area contributed by atoms with Crippen LogP contribution < -0.4 is 5.01 Å². The van der Waals surface area contributed by atoms with Crippen molar-refractivity contribution in [3.05, 3.63) is 77.2 Å². The molecule has 0 atom stereocenters. The van der Waals surface area contributed by atoms with E-state index < -0.39 is 0 Å². The van der Waals surface area contributed by atoms with Crippen LogP contribution in [0.4, 0.5) is 5.69 Å². The predicted octanol–water partition coefficient (Wildman–Crippen LogP) is 3.89. The molecule has 0 saturated heterocycles. The van der Waals surface area contributed by atoms with E-state index in [4.69, 9.17) is 0 Å². The first-order valence-electron chi connectivity index (χ1n) is 5.77. The first-order valence-corrected chi connectivity index (χ1v) is 5.77. The lowest BCUT2D eigenvalue weighted by atomic mass is 10.2. The van der Waals surface area contributed by atoms with Crippen LogP contribution in [-0.2, 0) is 0 Å². The summed E-state index contributed by atoms with van der Waals surface area (Å²) in [6, 6.07) is 19.3. The molecule has 3 heteroatoms. The van der Waals surface area contributed by atoms with E-state index in [0.717, 1.165) is 11.3 Å². The van der Waals surface area contributed by atoms with Crippen LogP contribution in [-0.4, -0.2) is 6.54 Å². The van der Waals surface area contributed by atoms with Gasteiger partial charge in [-0.25, -0.2) is 5.01 Å². The number of hydrogen-bond donors (Lipinski definition) is 0. The van der Waals surface area contributed by atoms with Crippen LogP contribution in [0.25, 0.3) is 6.08 Å². The quantitative estimate of drug-likeness (QED) is 0.584. The molecule has 3 nitrogen and oxygen atoms in total.